The van der Waals surface area contributed by atoms with Gasteiger partial charge in [-0.15, -0.1) is 0 Å². The van der Waals surface area contributed by atoms with Crippen LogP contribution in [0.25, 0.3) is 60.5 Å². The summed E-state index contributed by atoms with van der Waals surface area (Å²) in [5.41, 5.74) is 16.1. The lowest BCUT2D eigenvalue weighted by Gasteiger charge is -2.33. The molecular weight excluding hydrogens is 749 g/mol. The molecule has 0 N–H and O–H groups in total. The molecular formula is C60H58N2. The highest BCUT2D eigenvalue weighted by atomic mass is 15.1. The van der Waals surface area contributed by atoms with Gasteiger partial charge in [-0.25, -0.2) is 0 Å². The van der Waals surface area contributed by atoms with Crippen LogP contribution in [0.5, 0.6) is 0 Å². The molecule has 0 unspecified atom stereocenters. The van der Waals surface area contributed by atoms with E-state index < -0.39 is 0 Å². The van der Waals surface area contributed by atoms with Gasteiger partial charge in [0.15, 0.2) is 0 Å². The Balaban J connectivity index is 1.20. The van der Waals surface area contributed by atoms with Crippen molar-refractivity contribution >= 4 is 49.6 Å². The van der Waals surface area contributed by atoms with E-state index in [2.05, 4.69) is 227 Å². The quantitative estimate of drug-likeness (QED) is 0.156. The van der Waals surface area contributed by atoms with E-state index in [1.54, 1.807) is 0 Å². The molecule has 0 spiro atoms. The molecule has 1 aromatic heterocycles. The lowest BCUT2D eigenvalue weighted by atomic mass is 9.80. The van der Waals surface area contributed by atoms with Crippen LogP contribution in [0.1, 0.15) is 96.3 Å². The Labute approximate surface area is 368 Å². The van der Waals surface area contributed by atoms with Crippen LogP contribution < -0.4 is 4.90 Å². The van der Waals surface area contributed by atoms with Crippen molar-refractivity contribution in [2.75, 3.05) is 4.90 Å². The van der Waals surface area contributed by atoms with Gasteiger partial charge in [0.2, 0.25) is 0 Å². The van der Waals surface area contributed by atoms with Crippen molar-refractivity contribution in [3.8, 4) is 27.9 Å². The summed E-state index contributed by atoms with van der Waals surface area (Å²) in [5, 5.41) is 5.25. The Morgan fingerprint density at radius 2 is 1.10 bits per heavy atom. The predicted octanol–water partition coefficient (Wildman–Crippen LogP) is 17.4. The third kappa shape index (κ3) is 7.30. The first kappa shape index (κ1) is 39.7. The van der Waals surface area contributed by atoms with E-state index in [1.807, 2.05) is 0 Å². The van der Waals surface area contributed by atoms with Crippen LogP contribution in [0.3, 0.4) is 0 Å². The fourth-order valence-electron chi connectivity index (χ4n) is 10.1. The van der Waals surface area contributed by atoms with Crippen LogP contribution in [0.2, 0.25) is 0 Å². The molecule has 10 rings (SSSR count). The molecule has 8 aromatic carbocycles. The third-order valence-corrected chi connectivity index (χ3v) is 13.5. The SMILES string of the molecule is CC(C)(C)c1cc(N(c2cccc(-c3ccc4c5ccccc5n(-c5ccccc5)c4c3)c2)c2ccccc2-c2cccc3cccc(C4CCCCC4)c23)cc(C(C)(C)C)c1. The number of hydrogen-bond donors (Lipinski definition) is 0. The smallest absolute Gasteiger partial charge is 0.0547 e. The summed E-state index contributed by atoms with van der Waals surface area (Å²) in [6.07, 6.45) is 6.50. The van der Waals surface area contributed by atoms with E-state index in [0.29, 0.717) is 5.92 Å². The summed E-state index contributed by atoms with van der Waals surface area (Å²) in [7, 11) is 0. The minimum absolute atomic E-state index is 0.0415. The molecule has 2 heteroatoms. The monoisotopic (exact) mass is 806 g/mol. The Morgan fingerprint density at radius 3 is 1.85 bits per heavy atom. The average Bonchev–Trinajstić information content (AvgIpc) is 3.62. The number of aromatic nitrogens is 1. The lowest BCUT2D eigenvalue weighted by molar-refractivity contribution is 0.445. The zero-order valence-corrected chi connectivity index (χ0v) is 37.3. The number of benzene rings is 8. The van der Waals surface area contributed by atoms with Crippen LogP contribution in [-0.4, -0.2) is 4.57 Å². The van der Waals surface area contributed by atoms with Gasteiger partial charge in [-0.1, -0.05) is 182 Å². The zero-order chi connectivity index (χ0) is 42.6. The van der Waals surface area contributed by atoms with E-state index in [4.69, 9.17) is 0 Å². The number of hydrogen-bond acceptors (Lipinski definition) is 1. The molecule has 308 valence electrons. The van der Waals surface area contributed by atoms with Crippen molar-refractivity contribution in [2.24, 2.45) is 0 Å². The van der Waals surface area contributed by atoms with Gasteiger partial charge in [-0.2, -0.15) is 0 Å². The van der Waals surface area contributed by atoms with E-state index in [1.165, 1.54) is 121 Å². The Kier molecular flexibility index (Phi) is 10.1. The molecule has 62 heavy (non-hydrogen) atoms. The molecule has 1 heterocycles. The molecule has 0 bridgehead atoms. The first-order chi connectivity index (χ1) is 30.0. The van der Waals surface area contributed by atoms with E-state index >= 15 is 0 Å². The summed E-state index contributed by atoms with van der Waals surface area (Å²) in [4.78, 5) is 2.55. The Bertz CT molecular complexity index is 3040. The van der Waals surface area contributed by atoms with Crippen LogP contribution in [0.4, 0.5) is 17.1 Å². The predicted molar refractivity (Wildman–Crippen MR) is 267 cm³/mol. The van der Waals surface area contributed by atoms with E-state index in [0.717, 1.165) is 5.69 Å². The van der Waals surface area contributed by atoms with Crippen LogP contribution in [0, 0.1) is 0 Å². The van der Waals surface area contributed by atoms with Gasteiger partial charge in [-0.3, -0.25) is 0 Å². The molecule has 1 aliphatic carbocycles. The average molecular weight is 807 g/mol. The topological polar surface area (TPSA) is 8.17 Å². The highest BCUT2D eigenvalue weighted by Gasteiger charge is 2.27. The lowest BCUT2D eigenvalue weighted by Crippen LogP contribution is -2.19. The zero-order valence-electron chi connectivity index (χ0n) is 37.3. The standard InChI is InChI=1S/C60H58N2/c1-59(2,3)45-38-46(60(4,5)6)40-49(39-45)61(55-32-15-14-29-52(55)54-31-19-23-42-22-18-30-50(58(42)54)41-20-9-7-10-21-41)48-27-17-24-43(36-48)44-34-35-53-51-28-13-16-33-56(51)62(57(53)37-44)47-25-11-8-12-26-47/h8,11-19,22-41H,7,9-10,20-21H2,1-6H3. The van der Waals surface area contributed by atoms with Gasteiger partial charge in [0.1, 0.15) is 0 Å². The molecule has 0 amide bonds. The van der Waals surface area contributed by atoms with E-state index in [9.17, 15) is 0 Å². The number of anilines is 3. The molecule has 0 radical (unpaired) electrons. The first-order valence-electron chi connectivity index (χ1n) is 22.8. The summed E-state index contributed by atoms with van der Waals surface area (Å²) >= 11 is 0. The number of rotatable bonds is 7. The van der Waals surface area contributed by atoms with Gasteiger partial charge in [-0.05, 0) is 128 Å². The summed E-state index contributed by atoms with van der Waals surface area (Å²) in [6, 6.07) is 66.2. The second-order valence-electron chi connectivity index (χ2n) is 19.7. The Hall–Kier alpha value is -6.38. The molecule has 0 saturated heterocycles. The molecule has 0 aliphatic heterocycles. The summed E-state index contributed by atoms with van der Waals surface area (Å²) in [6.45, 7) is 14.0. The van der Waals surface area contributed by atoms with Crippen molar-refractivity contribution in [1.29, 1.82) is 0 Å². The maximum absolute atomic E-state index is 2.55. The molecule has 0 atom stereocenters. The maximum atomic E-state index is 2.55. The van der Waals surface area contributed by atoms with Crippen molar-refractivity contribution in [3.05, 3.63) is 193 Å². The second kappa shape index (κ2) is 15.8. The van der Waals surface area contributed by atoms with Crippen LogP contribution >= 0.6 is 0 Å². The minimum Gasteiger partial charge on any atom is -0.310 e. The van der Waals surface area contributed by atoms with Gasteiger partial charge in [0, 0.05) is 33.4 Å². The van der Waals surface area contributed by atoms with Gasteiger partial charge in [0.05, 0.1) is 16.7 Å². The van der Waals surface area contributed by atoms with Crippen molar-refractivity contribution in [3.63, 3.8) is 0 Å². The second-order valence-corrected chi connectivity index (χ2v) is 19.7. The highest BCUT2D eigenvalue weighted by molar-refractivity contribution is 6.10. The minimum atomic E-state index is -0.0415. The molecule has 1 fully saturated rings. The molecule has 1 aliphatic rings. The number of para-hydroxylation sites is 3. The molecule has 1 saturated carbocycles. The van der Waals surface area contributed by atoms with Crippen LogP contribution in [0.15, 0.2) is 176 Å². The first-order valence-corrected chi connectivity index (χ1v) is 22.8. The summed E-state index contributed by atoms with van der Waals surface area (Å²) < 4.78 is 2.42. The van der Waals surface area contributed by atoms with Gasteiger partial charge >= 0.3 is 0 Å². The van der Waals surface area contributed by atoms with E-state index in [-0.39, 0.29) is 10.8 Å². The van der Waals surface area contributed by atoms with Crippen molar-refractivity contribution in [2.45, 2.75) is 90.4 Å². The number of fused-ring (bicyclic) bond motifs is 4. The fourth-order valence-corrected chi connectivity index (χ4v) is 10.1. The Morgan fingerprint density at radius 1 is 0.468 bits per heavy atom. The van der Waals surface area contributed by atoms with Gasteiger partial charge < -0.3 is 9.47 Å². The van der Waals surface area contributed by atoms with Crippen molar-refractivity contribution in [1.82, 2.24) is 4.57 Å². The molecule has 9 aromatic rings. The largest absolute Gasteiger partial charge is 0.310 e. The normalized spacial score (nSPS) is 13.9. The highest BCUT2D eigenvalue weighted by Crippen LogP contribution is 2.48. The third-order valence-electron chi connectivity index (χ3n) is 13.5. The van der Waals surface area contributed by atoms with Crippen LogP contribution in [-0.2, 0) is 10.8 Å². The number of nitrogens with zero attached hydrogens (tertiary/aromatic N) is 2. The van der Waals surface area contributed by atoms with Gasteiger partial charge in [0.25, 0.3) is 0 Å². The van der Waals surface area contributed by atoms with Crippen molar-refractivity contribution < 1.29 is 0 Å². The maximum Gasteiger partial charge on any atom is 0.0547 e. The molecule has 2 nitrogen and oxygen atoms in total. The fraction of sp³-hybridized carbons (Fsp3) is 0.233. The summed E-state index contributed by atoms with van der Waals surface area (Å²) in [5.74, 6) is 0.587.